The number of hydrogen-bond donors (Lipinski definition) is 1. The molecule has 1 aliphatic rings. The molecule has 1 aromatic carbocycles. The van der Waals surface area contributed by atoms with Crippen molar-refractivity contribution in [2.75, 3.05) is 0 Å². The first kappa shape index (κ1) is 13.9. The highest BCUT2D eigenvalue weighted by molar-refractivity contribution is 7.95. The van der Waals surface area contributed by atoms with Crippen molar-refractivity contribution in [3.05, 3.63) is 40.3 Å². The van der Waals surface area contributed by atoms with E-state index < -0.39 is 32.4 Å². The lowest BCUT2D eigenvalue weighted by Gasteiger charge is -2.05. The molecule has 0 aromatic heterocycles. The topological polar surface area (TPSA) is 110 Å². The van der Waals surface area contributed by atoms with E-state index in [1.165, 1.54) is 12.1 Å². The number of ether oxygens (including phenoxy) is 1. The van der Waals surface area contributed by atoms with Crippen molar-refractivity contribution >= 4 is 28.2 Å². The Morgan fingerprint density at radius 3 is 2.60 bits per heavy atom. The summed E-state index contributed by atoms with van der Waals surface area (Å²) in [6, 6.07) is 6.34. The van der Waals surface area contributed by atoms with E-state index in [4.69, 9.17) is 9.84 Å². The highest BCUT2D eigenvalue weighted by Gasteiger charge is 2.36. The Hall–Kier alpha value is -2.48. The minimum Gasteiger partial charge on any atom is -0.478 e. The Balaban J connectivity index is 2.38. The van der Waals surface area contributed by atoms with Gasteiger partial charge in [-0.1, -0.05) is 12.1 Å². The van der Waals surface area contributed by atoms with Crippen LogP contribution in [0.1, 0.15) is 5.56 Å². The summed E-state index contributed by atoms with van der Waals surface area (Å²) < 4.78 is 31.0. The third-order valence-electron chi connectivity index (χ3n) is 2.44. The number of esters is 1. The van der Waals surface area contributed by atoms with Gasteiger partial charge in [0.2, 0.25) is 0 Å². The summed E-state index contributed by atoms with van der Waals surface area (Å²) in [5, 5.41) is 8.85. The number of carbonyl (C=O) groups is 2. The van der Waals surface area contributed by atoms with E-state index in [-0.39, 0.29) is 5.75 Å². The normalized spacial score (nSPS) is 16.2. The van der Waals surface area contributed by atoms with Crippen molar-refractivity contribution in [1.29, 1.82) is 0 Å². The molecular weight excluding hydrogens is 286 g/mol. The third kappa shape index (κ3) is 2.59. The molecule has 8 heteroatoms. The predicted molar refractivity (Wildman–Crippen MR) is 68.9 cm³/mol. The van der Waals surface area contributed by atoms with Gasteiger partial charge in [-0.3, -0.25) is 0 Å². The number of aliphatic carboxylic acids is 1. The van der Waals surface area contributed by atoms with Gasteiger partial charge in [-0.2, -0.15) is 12.8 Å². The maximum absolute atomic E-state index is 11.9. The van der Waals surface area contributed by atoms with Gasteiger partial charge in [-0.25, -0.2) is 9.59 Å². The fourth-order valence-electron chi connectivity index (χ4n) is 1.57. The molecule has 1 aromatic rings. The molecule has 0 saturated carbocycles. The zero-order valence-corrected chi connectivity index (χ0v) is 11.0. The molecule has 7 nitrogen and oxygen atoms in total. The summed E-state index contributed by atoms with van der Waals surface area (Å²) >= 11 is 0. The van der Waals surface area contributed by atoms with Gasteiger partial charge in [-0.05, 0) is 24.6 Å². The van der Waals surface area contributed by atoms with Crippen molar-refractivity contribution in [3.63, 3.8) is 0 Å². The van der Waals surface area contributed by atoms with Crippen LogP contribution in [0.2, 0.25) is 0 Å². The largest absolute Gasteiger partial charge is 0.478 e. The Labute approximate surface area is 114 Å². The van der Waals surface area contributed by atoms with Gasteiger partial charge < -0.3 is 9.84 Å². The molecule has 0 amide bonds. The number of nitrogens with zero attached hydrogens (tertiary/aromatic N) is 1. The third-order valence-corrected chi connectivity index (χ3v) is 3.72. The molecule has 1 N–H and O–H groups in total. The zero-order valence-electron chi connectivity index (χ0n) is 10.2. The van der Waals surface area contributed by atoms with Crippen LogP contribution in [-0.2, 0) is 19.6 Å². The fraction of sp³-hybridized carbons (Fsp3) is 0.0833. The van der Waals surface area contributed by atoms with E-state index in [0.717, 1.165) is 5.56 Å². The van der Waals surface area contributed by atoms with Gasteiger partial charge in [0.15, 0.2) is 4.91 Å². The average molecular weight is 295 g/mol. The second-order valence-electron chi connectivity index (χ2n) is 3.96. The number of rotatable bonds is 3. The van der Waals surface area contributed by atoms with Crippen LogP contribution in [0.5, 0.6) is 5.75 Å². The highest BCUT2D eigenvalue weighted by atomic mass is 32.2. The Morgan fingerprint density at radius 2 is 2.00 bits per heavy atom. The lowest BCUT2D eigenvalue weighted by Crippen LogP contribution is -2.19. The summed E-state index contributed by atoms with van der Waals surface area (Å²) in [4.78, 5) is 21.8. The quantitative estimate of drug-likeness (QED) is 0.647. The molecule has 0 bridgehead atoms. The van der Waals surface area contributed by atoms with Crippen LogP contribution in [0.4, 0.5) is 0 Å². The lowest BCUT2D eigenvalue weighted by atomic mass is 10.2. The number of carboxylic acids is 1. The summed E-state index contributed by atoms with van der Waals surface area (Å²) in [7, 11) is -4.32. The van der Waals surface area contributed by atoms with Crippen LogP contribution >= 0.6 is 0 Å². The molecule has 0 saturated heterocycles. The highest BCUT2D eigenvalue weighted by Crippen LogP contribution is 2.23. The van der Waals surface area contributed by atoms with Crippen LogP contribution in [0.3, 0.4) is 0 Å². The van der Waals surface area contributed by atoms with Crippen molar-refractivity contribution in [2.24, 2.45) is 4.40 Å². The molecule has 20 heavy (non-hydrogen) atoms. The first-order chi connectivity index (χ1) is 9.31. The van der Waals surface area contributed by atoms with E-state index in [1.807, 2.05) is 0 Å². The monoisotopic (exact) mass is 295 g/mol. The second-order valence-corrected chi connectivity index (χ2v) is 5.53. The van der Waals surface area contributed by atoms with Gasteiger partial charge in [0.1, 0.15) is 11.3 Å². The average Bonchev–Trinajstić information content (AvgIpc) is 2.65. The SMILES string of the molecule is Cc1cccc(OC(=O)C2=C(C(=O)O)C=NS2(=O)=O)c1. The maximum Gasteiger partial charge on any atom is 0.358 e. The predicted octanol–water partition coefficient (Wildman–Crippen LogP) is 0.653. The lowest BCUT2D eigenvalue weighted by molar-refractivity contribution is -0.133. The Bertz CT molecular complexity index is 760. The smallest absolute Gasteiger partial charge is 0.358 e. The van der Waals surface area contributed by atoms with Crippen molar-refractivity contribution < 1.29 is 27.9 Å². The molecule has 104 valence electrons. The Morgan fingerprint density at radius 1 is 1.30 bits per heavy atom. The molecular formula is C12H9NO6S. The molecule has 0 radical (unpaired) electrons. The van der Waals surface area contributed by atoms with Crippen LogP contribution < -0.4 is 4.74 Å². The van der Waals surface area contributed by atoms with E-state index in [2.05, 4.69) is 4.40 Å². The molecule has 0 aliphatic carbocycles. The van der Waals surface area contributed by atoms with E-state index >= 15 is 0 Å². The molecule has 0 atom stereocenters. The van der Waals surface area contributed by atoms with E-state index in [9.17, 15) is 18.0 Å². The number of carboxylic acid groups (broad SMARTS) is 1. The molecule has 0 unspecified atom stereocenters. The van der Waals surface area contributed by atoms with Gasteiger partial charge in [0, 0.05) is 0 Å². The van der Waals surface area contributed by atoms with Gasteiger partial charge in [-0.15, -0.1) is 0 Å². The molecule has 0 spiro atoms. The Kier molecular flexibility index (Phi) is 3.41. The van der Waals surface area contributed by atoms with E-state index in [1.54, 1.807) is 19.1 Å². The van der Waals surface area contributed by atoms with Gasteiger partial charge >= 0.3 is 11.9 Å². The number of hydrogen-bond acceptors (Lipinski definition) is 5. The van der Waals surface area contributed by atoms with Crippen LogP contribution in [0.15, 0.2) is 39.1 Å². The molecule has 2 rings (SSSR count). The number of carbonyl (C=O) groups excluding carboxylic acids is 1. The van der Waals surface area contributed by atoms with Crippen molar-refractivity contribution in [2.45, 2.75) is 6.92 Å². The van der Waals surface area contributed by atoms with Crippen LogP contribution in [0.25, 0.3) is 0 Å². The maximum atomic E-state index is 11.9. The van der Waals surface area contributed by atoms with Gasteiger partial charge in [0.05, 0.1) is 6.21 Å². The van der Waals surface area contributed by atoms with E-state index in [0.29, 0.717) is 6.21 Å². The van der Waals surface area contributed by atoms with Gasteiger partial charge in [0.25, 0.3) is 10.0 Å². The summed E-state index contributed by atoms with van der Waals surface area (Å²) in [6.45, 7) is 1.76. The number of aryl methyl sites for hydroxylation is 1. The first-order valence-electron chi connectivity index (χ1n) is 5.38. The van der Waals surface area contributed by atoms with Crippen molar-refractivity contribution in [3.8, 4) is 5.75 Å². The molecule has 1 heterocycles. The van der Waals surface area contributed by atoms with Crippen LogP contribution in [0, 0.1) is 6.92 Å². The fourth-order valence-corrected chi connectivity index (χ4v) is 2.59. The van der Waals surface area contributed by atoms with Crippen molar-refractivity contribution in [1.82, 2.24) is 0 Å². The minimum atomic E-state index is -4.32. The molecule has 1 aliphatic heterocycles. The summed E-state index contributed by atoms with van der Waals surface area (Å²) in [6.07, 6.45) is 0.616. The summed E-state index contributed by atoms with van der Waals surface area (Å²) in [5.74, 6) is -2.72. The minimum absolute atomic E-state index is 0.120. The number of benzene rings is 1. The van der Waals surface area contributed by atoms with Crippen LogP contribution in [-0.4, -0.2) is 31.7 Å². The summed E-state index contributed by atoms with van der Waals surface area (Å²) in [5.41, 5.74) is 0.0934. The number of sulfonamides is 1. The zero-order chi connectivity index (χ0) is 14.9. The second kappa shape index (κ2) is 4.89. The standard InChI is InChI=1S/C12H9NO6S/c1-7-3-2-4-8(5-7)19-12(16)10-9(11(14)15)6-13-20(10,17)18/h2-6H,1H3,(H,14,15). The first-order valence-corrected chi connectivity index (χ1v) is 6.82. The molecule has 0 fully saturated rings.